The summed E-state index contributed by atoms with van der Waals surface area (Å²) in [4.78, 5) is 43.0. The monoisotopic (exact) mass is 482 g/mol. The van der Waals surface area contributed by atoms with Crippen LogP contribution >= 0.6 is 0 Å². The molecular formula is C25H30N4O6. The molecule has 2 aromatic heterocycles. The zero-order chi connectivity index (χ0) is 25.4. The SMILES string of the molecule is CN(C(=O)COC(=O)CCCc1nc(C(C)(C)C)no1)c1ccccc1C(=O)NCc1ccco1. The second-order valence-corrected chi connectivity index (χ2v) is 9.01. The third-order valence-corrected chi connectivity index (χ3v) is 5.15. The minimum atomic E-state index is -0.508. The molecule has 3 rings (SSSR count). The fraction of sp³-hybridized carbons (Fsp3) is 0.400. The number of aryl methyl sites for hydroxylation is 1. The van der Waals surface area contributed by atoms with Gasteiger partial charge in [0.15, 0.2) is 12.4 Å². The van der Waals surface area contributed by atoms with Crippen molar-refractivity contribution < 1.29 is 28.1 Å². The van der Waals surface area contributed by atoms with Crippen molar-refractivity contribution in [2.45, 2.75) is 52.0 Å². The zero-order valence-corrected chi connectivity index (χ0v) is 20.4. The first kappa shape index (κ1) is 25.7. The number of nitrogens with one attached hydrogen (secondary N) is 1. The minimum absolute atomic E-state index is 0.107. The van der Waals surface area contributed by atoms with Crippen molar-refractivity contribution in [1.82, 2.24) is 15.5 Å². The van der Waals surface area contributed by atoms with E-state index in [4.69, 9.17) is 13.7 Å². The molecule has 0 atom stereocenters. The number of benzene rings is 1. The molecule has 0 aliphatic carbocycles. The smallest absolute Gasteiger partial charge is 0.306 e. The number of rotatable bonds is 10. The van der Waals surface area contributed by atoms with E-state index in [1.165, 1.54) is 18.2 Å². The molecule has 1 N–H and O–H groups in total. The molecule has 1 aromatic carbocycles. The number of ether oxygens (including phenoxy) is 1. The first-order valence-electron chi connectivity index (χ1n) is 11.3. The van der Waals surface area contributed by atoms with Crippen LogP contribution in [0.3, 0.4) is 0 Å². The van der Waals surface area contributed by atoms with E-state index >= 15 is 0 Å². The van der Waals surface area contributed by atoms with E-state index in [2.05, 4.69) is 15.5 Å². The second kappa shape index (κ2) is 11.5. The molecular weight excluding hydrogens is 452 g/mol. The van der Waals surface area contributed by atoms with Crippen LogP contribution < -0.4 is 10.2 Å². The molecule has 35 heavy (non-hydrogen) atoms. The van der Waals surface area contributed by atoms with Gasteiger partial charge in [-0.05, 0) is 30.7 Å². The van der Waals surface area contributed by atoms with Crippen LogP contribution in [0.15, 0.2) is 51.6 Å². The summed E-state index contributed by atoms with van der Waals surface area (Å²) in [6.07, 6.45) is 2.52. The van der Waals surface area contributed by atoms with Gasteiger partial charge in [0, 0.05) is 25.3 Å². The van der Waals surface area contributed by atoms with Crippen molar-refractivity contribution in [3.05, 3.63) is 65.7 Å². The summed E-state index contributed by atoms with van der Waals surface area (Å²) < 4.78 is 15.6. The summed E-state index contributed by atoms with van der Waals surface area (Å²) in [6, 6.07) is 10.2. The molecule has 0 fully saturated rings. The van der Waals surface area contributed by atoms with Gasteiger partial charge < -0.3 is 23.9 Å². The molecule has 0 spiro atoms. The number of nitrogens with zero attached hydrogens (tertiary/aromatic N) is 3. The molecule has 0 saturated heterocycles. The zero-order valence-electron chi connectivity index (χ0n) is 20.4. The first-order valence-corrected chi connectivity index (χ1v) is 11.3. The summed E-state index contributed by atoms with van der Waals surface area (Å²) >= 11 is 0. The number of esters is 1. The van der Waals surface area contributed by atoms with Crippen LogP contribution in [0.2, 0.25) is 0 Å². The van der Waals surface area contributed by atoms with Crippen LogP contribution in [0.5, 0.6) is 0 Å². The topological polar surface area (TPSA) is 128 Å². The maximum atomic E-state index is 12.7. The van der Waals surface area contributed by atoms with Gasteiger partial charge in [-0.25, -0.2) is 0 Å². The highest BCUT2D eigenvalue weighted by molar-refractivity contribution is 6.05. The molecule has 0 saturated carbocycles. The van der Waals surface area contributed by atoms with Gasteiger partial charge in [-0.3, -0.25) is 14.4 Å². The lowest BCUT2D eigenvalue weighted by molar-refractivity contribution is -0.147. The van der Waals surface area contributed by atoms with Crippen LogP contribution in [0.25, 0.3) is 0 Å². The van der Waals surface area contributed by atoms with E-state index in [0.717, 1.165) is 0 Å². The van der Waals surface area contributed by atoms with Gasteiger partial charge in [-0.2, -0.15) is 4.98 Å². The third kappa shape index (κ3) is 7.26. The molecule has 2 amide bonds. The molecule has 10 heteroatoms. The molecule has 2 heterocycles. The fourth-order valence-electron chi connectivity index (χ4n) is 3.12. The summed E-state index contributed by atoms with van der Waals surface area (Å²) in [5.74, 6) is 0.354. The standard InChI is InChI=1S/C25H30N4O6/c1-25(2,3)24-27-20(35-28-24)12-7-13-22(31)34-16-21(30)29(4)19-11-6-5-10-18(19)23(32)26-15-17-9-8-14-33-17/h5-6,8-11,14H,7,12-13,15-16H2,1-4H3,(H,26,32). The van der Waals surface area contributed by atoms with Gasteiger partial charge in [-0.15, -0.1) is 0 Å². The van der Waals surface area contributed by atoms with E-state index < -0.39 is 18.5 Å². The van der Waals surface area contributed by atoms with Crippen molar-refractivity contribution in [1.29, 1.82) is 0 Å². The highest BCUT2D eigenvalue weighted by atomic mass is 16.5. The van der Waals surface area contributed by atoms with Crippen molar-refractivity contribution in [2.75, 3.05) is 18.6 Å². The molecule has 0 aliphatic heterocycles. The number of furan rings is 1. The Morgan fingerprint density at radius 1 is 1.11 bits per heavy atom. The van der Waals surface area contributed by atoms with Crippen molar-refractivity contribution in [3.8, 4) is 0 Å². The van der Waals surface area contributed by atoms with Gasteiger partial charge in [0.2, 0.25) is 5.89 Å². The highest BCUT2D eigenvalue weighted by Gasteiger charge is 2.22. The van der Waals surface area contributed by atoms with Gasteiger partial charge >= 0.3 is 5.97 Å². The van der Waals surface area contributed by atoms with E-state index in [-0.39, 0.29) is 24.3 Å². The second-order valence-electron chi connectivity index (χ2n) is 9.01. The number of anilines is 1. The maximum Gasteiger partial charge on any atom is 0.306 e. The Kier molecular flexibility index (Phi) is 8.40. The van der Waals surface area contributed by atoms with Gasteiger partial charge in [0.25, 0.3) is 11.8 Å². The van der Waals surface area contributed by atoms with Crippen LogP contribution in [-0.4, -0.2) is 41.6 Å². The van der Waals surface area contributed by atoms with Crippen molar-refractivity contribution in [2.24, 2.45) is 0 Å². The number of hydrogen-bond acceptors (Lipinski definition) is 8. The summed E-state index contributed by atoms with van der Waals surface area (Å²) in [5.41, 5.74) is 0.498. The Morgan fingerprint density at radius 2 is 1.89 bits per heavy atom. The number of carbonyl (C=O) groups excluding carboxylic acids is 3. The Labute approximate surface area is 203 Å². The maximum absolute atomic E-state index is 12.7. The van der Waals surface area contributed by atoms with Crippen LogP contribution in [0, 0.1) is 0 Å². The molecule has 10 nitrogen and oxygen atoms in total. The van der Waals surface area contributed by atoms with Crippen LogP contribution in [0.1, 0.15) is 61.4 Å². The molecule has 0 bridgehead atoms. The Bertz CT molecular complexity index is 1150. The minimum Gasteiger partial charge on any atom is -0.467 e. The van der Waals surface area contributed by atoms with Gasteiger partial charge in [0.05, 0.1) is 24.1 Å². The molecule has 0 radical (unpaired) electrons. The Hall–Kier alpha value is -3.95. The molecule has 0 unspecified atom stereocenters. The summed E-state index contributed by atoms with van der Waals surface area (Å²) in [6.45, 7) is 5.74. The van der Waals surface area contributed by atoms with Gasteiger partial charge in [-0.1, -0.05) is 38.1 Å². The fourth-order valence-corrected chi connectivity index (χ4v) is 3.12. The lowest BCUT2D eigenvalue weighted by Gasteiger charge is -2.20. The quantitative estimate of drug-likeness (QED) is 0.436. The number of carbonyl (C=O) groups is 3. The van der Waals surface area contributed by atoms with Crippen LogP contribution in [0.4, 0.5) is 5.69 Å². The first-order chi connectivity index (χ1) is 16.6. The molecule has 0 aliphatic rings. The number of hydrogen-bond donors (Lipinski definition) is 1. The number of likely N-dealkylation sites (N-methyl/N-ethyl adjacent to an activating group) is 1. The van der Waals surface area contributed by atoms with E-state index in [1.54, 1.807) is 36.4 Å². The average Bonchev–Trinajstić information content (AvgIpc) is 3.53. The van der Waals surface area contributed by atoms with Crippen molar-refractivity contribution in [3.63, 3.8) is 0 Å². The van der Waals surface area contributed by atoms with E-state index in [1.807, 2.05) is 20.8 Å². The summed E-state index contributed by atoms with van der Waals surface area (Å²) in [5, 5.41) is 6.71. The Morgan fingerprint density at radius 3 is 2.57 bits per heavy atom. The van der Waals surface area contributed by atoms with Gasteiger partial charge in [0.1, 0.15) is 5.76 Å². The largest absolute Gasteiger partial charge is 0.467 e. The predicted octanol–water partition coefficient (Wildman–Crippen LogP) is 3.42. The number of aromatic nitrogens is 2. The average molecular weight is 483 g/mol. The lowest BCUT2D eigenvalue weighted by atomic mass is 9.96. The third-order valence-electron chi connectivity index (χ3n) is 5.15. The number of para-hydroxylation sites is 1. The molecule has 186 valence electrons. The molecule has 3 aromatic rings. The van der Waals surface area contributed by atoms with Crippen molar-refractivity contribution >= 4 is 23.5 Å². The number of amides is 2. The predicted molar refractivity (Wildman–Crippen MR) is 127 cm³/mol. The lowest BCUT2D eigenvalue weighted by Crippen LogP contribution is -2.33. The highest BCUT2D eigenvalue weighted by Crippen LogP contribution is 2.20. The normalized spacial score (nSPS) is 11.2. The Balaban J connectivity index is 1.47. The van der Waals surface area contributed by atoms with Crippen LogP contribution in [-0.2, 0) is 32.7 Å². The van der Waals surface area contributed by atoms with E-state index in [9.17, 15) is 14.4 Å². The summed E-state index contributed by atoms with van der Waals surface area (Å²) in [7, 11) is 1.52. The van der Waals surface area contributed by atoms with E-state index in [0.29, 0.717) is 41.6 Å².